The van der Waals surface area contributed by atoms with Crippen molar-refractivity contribution in [2.24, 2.45) is 0 Å². The molecule has 1 fully saturated rings. The van der Waals surface area contributed by atoms with Crippen molar-refractivity contribution >= 4 is 28.4 Å². The molecule has 0 bridgehead atoms. The SMILES string of the molecule is CCN(c1ccc(Nc2ccc(Nc3ccccc3)cc2)cc1)C1CCCCC1. The summed E-state index contributed by atoms with van der Waals surface area (Å²) in [6, 6.07) is 28.3. The quantitative estimate of drug-likeness (QED) is 0.446. The first kappa shape index (κ1) is 19.4. The molecule has 0 unspecified atom stereocenters. The molecule has 0 radical (unpaired) electrons. The van der Waals surface area contributed by atoms with Crippen LogP contribution in [0.4, 0.5) is 28.4 Å². The smallest absolute Gasteiger partial charge is 0.0385 e. The van der Waals surface area contributed by atoms with Gasteiger partial charge >= 0.3 is 0 Å². The number of nitrogens with zero attached hydrogens (tertiary/aromatic N) is 1. The molecule has 0 heterocycles. The maximum absolute atomic E-state index is 3.51. The van der Waals surface area contributed by atoms with Gasteiger partial charge in [0.05, 0.1) is 0 Å². The Hall–Kier alpha value is -2.94. The van der Waals surface area contributed by atoms with Gasteiger partial charge in [-0.25, -0.2) is 0 Å². The Labute approximate surface area is 174 Å². The Bertz CT molecular complexity index is 866. The van der Waals surface area contributed by atoms with E-state index >= 15 is 0 Å². The van der Waals surface area contributed by atoms with E-state index in [-0.39, 0.29) is 0 Å². The molecule has 0 aromatic heterocycles. The van der Waals surface area contributed by atoms with E-state index in [9.17, 15) is 0 Å². The number of hydrogen-bond acceptors (Lipinski definition) is 3. The Morgan fingerprint density at radius 3 is 1.66 bits per heavy atom. The van der Waals surface area contributed by atoms with Crippen LogP contribution in [0, 0.1) is 0 Å². The number of rotatable bonds is 7. The van der Waals surface area contributed by atoms with Gasteiger partial charge in [0.25, 0.3) is 0 Å². The molecule has 4 rings (SSSR count). The van der Waals surface area contributed by atoms with Crippen LogP contribution >= 0.6 is 0 Å². The van der Waals surface area contributed by atoms with Crippen LogP contribution in [0.1, 0.15) is 39.0 Å². The maximum atomic E-state index is 3.51. The number of para-hydroxylation sites is 1. The van der Waals surface area contributed by atoms with E-state index in [0.29, 0.717) is 6.04 Å². The molecular weight excluding hydrogens is 354 g/mol. The van der Waals surface area contributed by atoms with Crippen molar-refractivity contribution in [2.45, 2.75) is 45.1 Å². The van der Waals surface area contributed by atoms with Crippen LogP contribution in [-0.4, -0.2) is 12.6 Å². The zero-order valence-corrected chi connectivity index (χ0v) is 17.3. The minimum absolute atomic E-state index is 0.706. The standard InChI is InChI=1S/C26H31N3/c1-2-29(25-11-7-4-8-12-25)26-19-17-24(18-20-26)28-23-15-13-22(14-16-23)27-21-9-5-3-6-10-21/h3,5-6,9-10,13-20,25,27-28H,2,4,7-8,11-12H2,1H3. The summed E-state index contributed by atoms with van der Waals surface area (Å²) < 4.78 is 0. The normalized spacial score (nSPS) is 14.4. The summed E-state index contributed by atoms with van der Waals surface area (Å²) in [6.45, 7) is 3.35. The molecular formula is C26H31N3. The lowest BCUT2D eigenvalue weighted by Gasteiger charge is -2.35. The fourth-order valence-corrected chi connectivity index (χ4v) is 4.27. The molecule has 0 saturated heterocycles. The van der Waals surface area contributed by atoms with Gasteiger partial charge in [-0.05, 0) is 80.4 Å². The Kier molecular flexibility index (Phi) is 6.35. The van der Waals surface area contributed by atoms with Crippen molar-refractivity contribution in [3.05, 3.63) is 78.9 Å². The van der Waals surface area contributed by atoms with Gasteiger partial charge in [0.2, 0.25) is 0 Å². The Balaban J connectivity index is 1.38. The lowest BCUT2D eigenvalue weighted by molar-refractivity contribution is 0.418. The van der Waals surface area contributed by atoms with Crippen molar-refractivity contribution in [2.75, 3.05) is 22.1 Å². The average molecular weight is 386 g/mol. The zero-order valence-electron chi connectivity index (χ0n) is 17.3. The van der Waals surface area contributed by atoms with E-state index in [1.165, 1.54) is 37.8 Å². The summed E-state index contributed by atoms with van der Waals surface area (Å²) in [5, 5.41) is 6.93. The largest absolute Gasteiger partial charge is 0.369 e. The van der Waals surface area contributed by atoms with Crippen LogP contribution in [0.2, 0.25) is 0 Å². The van der Waals surface area contributed by atoms with Gasteiger partial charge in [0.15, 0.2) is 0 Å². The second kappa shape index (κ2) is 9.51. The van der Waals surface area contributed by atoms with Crippen molar-refractivity contribution in [1.82, 2.24) is 0 Å². The molecule has 150 valence electrons. The topological polar surface area (TPSA) is 27.3 Å². The maximum Gasteiger partial charge on any atom is 0.0385 e. The lowest BCUT2D eigenvalue weighted by Crippen LogP contribution is -2.36. The van der Waals surface area contributed by atoms with Crippen LogP contribution < -0.4 is 15.5 Å². The van der Waals surface area contributed by atoms with E-state index in [1.54, 1.807) is 0 Å². The fourth-order valence-electron chi connectivity index (χ4n) is 4.27. The average Bonchev–Trinajstić information content (AvgIpc) is 2.78. The van der Waals surface area contributed by atoms with Gasteiger partial charge in [-0.15, -0.1) is 0 Å². The first-order valence-electron chi connectivity index (χ1n) is 10.9. The van der Waals surface area contributed by atoms with Crippen molar-refractivity contribution in [3.8, 4) is 0 Å². The van der Waals surface area contributed by atoms with Crippen LogP contribution in [0.5, 0.6) is 0 Å². The summed E-state index contributed by atoms with van der Waals surface area (Å²) in [6.07, 6.45) is 6.80. The summed E-state index contributed by atoms with van der Waals surface area (Å²) in [7, 11) is 0. The molecule has 3 aromatic carbocycles. The third kappa shape index (κ3) is 5.11. The highest BCUT2D eigenvalue weighted by atomic mass is 15.2. The van der Waals surface area contributed by atoms with E-state index in [2.05, 4.69) is 83.1 Å². The summed E-state index contributed by atoms with van der Waals surface area (Å²) in [5.74, 6) is 0. The van der Waals surface area contributed by atoms with Gasteiger partial charge in [-0.3, -0.25) is 0 Å². The first-order valence-corrected chi connectivity index (χ1v) is 10.9. The van der Waals surface area contributed by atoms with Crippen LogP contribution in [-0.2, 0) is 0 Å². The molecule has 29 heavy (non-hydrogen) atoms. The molecule has 1 saturated carbocycles. The molecule has 2 N–H and O–H groups in total. The summed E-state index contributed by atoms with van der Waals surface area (Å²) in [4.78, 5) is 2.58. The Morgan fingerprint density at radius 2 is 1.14 bits per heavy atom. The van der Waals surface area contributed by atoms with E-state index in [4.69, 9.17) is 0 Å². The summed E-state index contributed by atoms with van der Waals surface area (Å²) in [5.41, 5.74) is 5.74. The first-order chi connectivity index (χ1) is 14.3. The van der Waals surface area contributed by atoms with Gasteiger partial charge in [0.1, 0.15) is 0 Å². The number of benzene rings is 3. The highest BCUT2D eigenvalue weighted by Gasteiger charge is 2.20. The molecule has 3 heteroatoms. The van der Waals surface area contributed by atoms with Gasteiger partial charge < -0.3 is 15.5 Å². The van der Waals surface area contributed by atoms with Crippen molar-refractivity contribution in [1.29, 1.82) is 0 Å². The monoisotopic (exact) mass is 385 g/mol. The Morgan fingerprint density at radius 1 is 0.655 bits per heavy atom. The third-order valence-corrected chi connectivity index (χ3v) is 5.79. The van der Waals surface area contributed by atoms with Crippen molar-refractivity contribution in [3.63, 3.8) is 0 Å². The van der Waals surface area contributed by atoms with E-state index < -0.39 is 0 Å². The highest BCUT2D eigenvalue weighted by molar-refractivity contribution is 5.67. The molecule has 3 aromatic rings. The molecule has 1 aliphatic rings. The van der Waals surface area contributed by atoms with Crippen molar-refractivity contribution < 1.29 is 0 Å². The summed E-state index contributed by atoms with van der Waals surface area (Å²) >= 11 is 0. The molecule has 0 amide bonds. The second-order valence-corrected chi connectivity index (χ2v) is 7.82. The molecule has 0 spiro atoms. The number of nitrogens with one attached hydrogen (secondary N) is 2. The van der Waals surface area contributed by atoms with Gasteiger partial charge in [0, 0.05) is 41.0 Å². The third-order valence-electron chi connectivity index (χ3n) is 5.79. The molecule has 0 atom stereocenters. The molecule has 3 nitrogen and oxygen atoms in total. The van der Waals surface area contributed by atoms with Crippen LogP contribution in [0.15, 0.2) is 78.9 Å². The number of hydrogen-bond donors (Lipinski definition) is 2. The highest BCUT2D eigenvalue weighted by Crippen LogP contribution is 2.29. The van der Waals surface area contributed by atoms with Gasteiger partial charge in [-0.1, -0.05) is 37.5 Å². The van der Waals surface area contributed by atoms with Crippen LogP contribution in [0.25, 0.3) is 0 Å². The molecule has 1 aliphatic carbocycles. The van der Waals surface area contributed by atoms with Crippen LogP contribution in [0.3, 0.4) is 0 Å². The minimum Gasteiger partial charge on any atom is -0.369 e. The predicted octanol–water partition coefficient (Wildman–Crippen LogP) is 7.33. The predicted molar refractivity (Wildman–Crippen MR) is 126 cm³/mol. The zero-order chi connectivity index (χ0) is 19.9. The fraction of sp³-hybridized carbons (Fsp3) is 0.308. The molecule has 0 aliphatic heterocycles. The van der Waals surface area contributed by atoms with E-state index in [1.807, 2.05) is 18.2 Å². The van der Waals surface area contributed by atoms with Gasteiger partial charge in [-0.2, -0.15) is 0 Å². The second-order valence-electron chi connectivity index (χ2n) is 7.82. The lowest BCUT2D eigenvalue weighted by atomic mass is 9.94. The van der Waals surface area contributed by atoms with E-state index in [0.717, 1.165) is 29.3 Å². The number of anilines is 5. The minimum atomic E-state index is 0.706.